The van der Waals surface area contributed by atoms with Gasteiger partial charge in [-0.2, -0.15) is 0 Å². The molecule has 2 heterocycles. The van der Waals surface area contributed by atoms with Crippen molar-refractivity contribution >= 4 is 23.1 Å². The van der Waals surface area contributed by atoms with Crippen molar-refractivity contribution in [1.29, 1.82) is 5.41 Å². The lowest BCUT2D eigenvalue weighted by Gasteiger charge is -2.45. The molecule has 1 atom stereocenters. The maximum Gasteiger partial charge on any atom is 0.162 e. The number of ketones is 1. The molecule has 0 saturated carbocycles. The van der Waals surface area contributed by atoms with Crippen molar-refractivity contribution in [3.05, 3.63) is 112 Å². The van der Waals surface area contributed by atoms with E-state index < -0.39 is 5.92 Å². The van der Waals surface area contributed by atoms with Crippen LogP contribution in [0.5, 0.6) is 0 Å². The van der Waals surface area contributed by atoms with E-state index in [0.29, 0.717) is 29.6 Å². The van der Waals surface area contributed by atoms with Crippen molar-refractivity contribution < 1.29 is 9.90 Å². The second-order valence-electron chi connectivity index (χ2n) is 10.7. The molecule has 5 heteroatoms. The van der Waals surface area contributed by atoms with Gasteiger partial charge in [-0.05, 0) is 55.0 Å². The molecule has 5 rings (SSSR count). The zero-order chi connectivity index (χ0) is 25.6. The highest BCUT2D eigenvalue weighted by molar-refractivity contribution is 6.19. The number of hydrogen-bond donors (Lipinski definition) is 2. The molecule has 0 spiro atoms. The maximum absolute atomic E-state index is 13.8. The van der Waals surface area contributed by atoms with Crippen LogP contribution in [0, 0.1) is 24.7 Å². The average molecular weight is 478 g/mol. The number of aliphatic hydroxyl groups is 1. The van der Waals surface area contributed by atoms with Crippen molar-refractivity contribution in [3.8, 4) is 0 Å². The Morgan fingerprint density at radius 3 is 2.44 bits per heavy atom. The second-order valence-corrected chi connectivity index (χ2v) is 10.7. The number of hydrogen-bond acceptors (Lipinski definition) is 4. The first kappa shape index (κ1) is 23.7. The molecule has 0 fully saturated rings. The smallest absolute Gasteiger partial charge is 0.162 e. The van der Waals surface area contributed by atoms with Crippen LogP contribution in [0.25, 0.3) is 5.76 Å². The van der Waals surface area contributed by atoms with Gasteiger partial charge in [0, 0.05) is 52.8 Å². The zero-order valence-electron chi connectivity index (χ0n) is 21.2. The van der Waals surface area contributed by atoms with E-state index in [-0.39, 0.29) is 22.8 Å². The average Bonchev–Trinajstić information content (AvgIpc) is 2.83. The van der Waals surface area contributed by atoms with Gasteiger partial charge in [-0.3, -0.25) is 20.1 Å². The summed E-state index contributed by atoms with van der Waals surface area (Å²) in [5.74, 6) is -0.339. The molecule has 0 bridgehead atoms. The number of carbonyl (C=O) groups is 1. The van der Waals surface area contributed by atoms with Gasteiger partial charge in [0.15, 0.2) is 5.78 Å². The molecule has 1 aliphatic heterocycles. The lowest BCUT2D eigenvalue weighted by molar-refractivity contribution is -0.118. The van der Waals surface area contributed by atoms with E-state index in [0.717, 1.165) is 28.1 Å². The lowest BCUT2D eigenvalue weighted by atomic mass is 9.67. The van der Waals surface area contributed by atoms with Gasteiger partial charge in [-0.25, -0.2) is 0 Å². The number of aryl methyl sites for hydroxylation is 2. The summed E-state index contributed by atoms with van der Waals surface area (Å²) in [6, 6.07) is 19.3. The topological polar surface area (TPSA) is 77.3 Å². The van der Waals surface area contributed by atoms with Crippen LogP contribution >= 0.6 is 0 Å². The number of aliphatic hydroxyl groups excluding tert-OH is 1. The molecule has 3 aromatic rings. The van der Waals surface area contributed by atoms with Crippen molar-refractivity contribution in [2.45, 2.75) is 46.5 Å². The van der Waals surface area contributed by atoms with Crippen LogP contribution in [-0.2, 0) is 4.79 Å². The monoisotopic (exact) mass is 477 g/mol. The normalized spacial score (nSPS) is 20.9. The van der Waals surface area contributed by atoms with Crippen LogP contribution in [0.4, 0.5) is 5.69 Å². The first-order valence-corrected chi connectivity index (χ1v) is 12.3. The van der Waals surface area contributed by atoms with Crippen LogP contribution in [0.2, 0.25) is 0 Å². The fourth-order valence-electron chi connectivity index (χ4n) is 5.41. The molecule has 1 aliphatic carbocycles. The van der Waals surface area contributed by atoms with E-state index in [1.807, 2.05) is 79.4 Å². The summed E-state index contributed by atoms with van der Waals surface area (Å²) in [4.78, 5) is 20.0. The maximum atomic E-state index is 13.8. The Hall–Kier alpha value is -3.99. The van der Waals surface area contributed by atoms with Gasteiger partial charge in [0.25, 0.3) is 0 Å². The molecule has 5 nitrogen and oxygen atoms in total. The van der Waals surface area contributed by atoms with Crippen molar-refractivity contribution in [3.63, 3.8) is 0 Å². The van der Waals surface area contributed by atoms with E-state index in [1.165, 1.54) is 0 Å². The fraction of sp³-hybridized carbons (Fsp3) is 0.258. The highest BCUT2D eigenvalue weighted by atomic mass is 16.3. The molecule has 36 heavy (non-hydrogen) atoms. The number of rotatable bonds is 3. The Morgan fingerprint density at radius 2 is 1.78 bits per heavy atom. The number of pyridine rings is 1. The molecule has 1 aromatic heterocycles. The zero-order valence-corrected chi connectivity index (χ0v) is 21.2. The summed E-state index contributed by atoms with van der Waals surface area (Å²) in [5, 5.41) is 21.2. The highest BCUT2D eigenvalue weighted by Crippen LogP contribution is 2.51. The Labute approximate surface area is 212 Å². The standard InChI is InChI=1S/C31H31N3O2/c1-19-10-12-21(13-11-19)29(36)28-26(22-8-6-14-33-18-22)27-24(16-31(3,4)17-25(27)35)34(30(28)32)23-9-5-7-20(2)15-23/h5-15,18,26,32,36H,16-17H2,1-4H3/b29-28+,32-30?. The van der Waals surface area contributed by atoms with Gasteiger partial charge in [0.2, 0.25) is 0 Å². The molecule has 0 radical (unpaired) electrons. The number of amidine groups is 1. The number of nitrogens with zero attached hydrogens (tertiary/aromatic N) is 2. The third-order valence-electron chi connectivity index (χ3n) is 7.08. The summed E-state index contributed by atoms with van der Waals surface area (Å²) in [5.41, 5.74) is 6.03. The molecule has 182 valence electrons. The highest BCUT2D eigenvalue weighted by Gasteiger charge is 2.46. The number of carbonyl (C=O) groups excluding carboxylic acids is 1. The molecule has 1 unspecified atom stereocenters. The molecular formula is C31H31N3O2. The van der Waals surface area contributed by atoms with Crippen LogP contribution < -0.4 is 4.90 Å². The molecule has 2 aliphatic rings. The Balaban J connectivity index is 1.85. The lowest BCUT2D eigenvalue weighted by Crippen LogP contribution is -2.45. The van der Waals surface area contributed by atoms with Crippen molar-refractivity contribution in [2.24, 2.45) is 5.41 Å². The third-order valence-corrected chi connectivity index (χ3v) is 7.08. The molecular weight excluding hydrogens is 446 g/mol. The van der Waals surface area contributed by atoms with Gasteiger partial charge in [0.05, 0.1) is 0 Å². The van der Waals surface area contributed by atoms with Gasteiger partial charge in [-0.15, -0.1) is 0 Å². The van der Waals surface area contributed by atoms with Gasteiger partial charge in [0.1, 0.15) is 11.6 Å². The quantitative estimate of drug-likeness (QED) is 0.403. The van der Waals surface area contributed by atoms with E-state index in [9.17, 15) is 15.3 Å². The van der Waals surface area contributed by atoms with Gasteiger partial charge >= 0.3 is 0 Å². The van der Waals surface area contributed by atoms with Gasteiger partial charge in [-0.1, -0.05) is 61.9 Å². The largest absolute Gasteiger partial charge is 0.507 e. The first-order chi connectivity index (χ1) is 17.2. The Kier molecular flexibility index (Phi) is 5.87. The van der Waals surface area contributed by atoms with E-state index in [1.54, 1.807) is 12.4 Å². The van der Waals surface area contributed by atoms with Crippen molar-refractivity contribution in [1.82, 2.24) is 4.98 Å². The number of Topliss-reactive ketones (excluding diaryl/α,β-unsaturated/α-hetero) is 1. The SMILES string of the molecule is Cc1ccc(/C(O)=C2\C(=N)N(c3cccc(C)c3)C3=C(C(=O)CC(C)(C)C3)C2c2cccnc2)cc1. The third kappa shape index (κ3) is 4.15. The minimum absolute atomic E-state index is 0.00990. The number of aromatic nitrogens is 1. The van der Waals surface area contributed by atoms with Crippen LogP contribution in [0.1, 0.15) is 54.9 Å². The van der Waals surface area contributed by atoms with Crippen LogP contribution in [-0.4, -0.2) is 21.7 Å². The summed E-state index contributed by atoms with van der Waals surface area (Å²) in [6.45, 7) is 8.21. The number of anilines is 1. The minimum atomic E-state index is -0.577. The molecule has 0 amide bonds. The first-order valence-electron chi connectivity index (χ1n) is 12.3. The molecule has 2 N–H and O–H groups in total. The second kappa shape index (κ2) is 8.90. The Morgan fingerprint density at radius 1 is 1.03 bits per heavy atom. The number of nitrogens with one attached hydrogen (secondary N) is 1. The number of allylic oxidation sites excluding steroid dienone is 2. The van der Waals surface area contributed by atoms with Gasteiger partial charge < -0.3 is 5.11 Å². The molecule has 2 aromatic carbocycles. The predicted molar refractivity (Wildman–Crippen MR) is 144 cm³/mol. The fourth-order valence-corrected chi connectivity index (χ4v) is 5.41. The minimum Gasteiger partial charge on any atom is -0.507 e. The van der Waals surface area contributed by atoms with Crippen LogP contribution in [0.15, 0.2) is 89.9 Å². The van der Waals surface area contributed by atoms with E-state index in [4.69, 9.17) is 0 Å². The van der Waals surface area contributed by atoms with Crippen LogP contribution in [0.3, 0.4) is 0 Å². The summed E-state index contributed by atoms with van der Waals surface area (Å²) in [6.07, 6.45) is 4.50. The Bertz CT molecular complexity index is 1420. The van der Waals surface area contributed by atoms with E-state index in [2.05, 4.69) is 18.8 Å². The number of benzene rings is 2. The summed E-state index contributed by atoms with van der Waals surface area (Å²) in [7, 11) is 0. The molecule has 0 saturated heterocycles. The van der Waals surface area contributed by atoms with E-state index >= 15 is 0 Å². The summed E-state index contributed by atoms with van der Waals surface area (Å²) < 4.78 is 0. The predicted octanol–water partition coefficient (Wildman–Crippen LogP) is 6.89. The summed E-state index contributed by atoms with van der Waals surface area (Å²) >= 11 is 0. The van der Waals surface area contributed by atoms with Crippen molar-refractivity contribution in [2.75, 3.05) is 4.90 Å².